The Labute approximate surface area is 179 Å². The summed E-state index contributed by atoms with van der Waals surface area (Å²) >= 11 is 5.99. The molecule has 3 rings (SSSR count). The molecule has 2 amide bonds. The highest BCUT2D eigenvalue weighted by Gasteiger charge is 2.23. The van der Waals surface area contributed by atoms with Crippen molar-refractivity contribution < 1.29 is 14.5 Å². The van der Waals surface area contributed by atoms with Crippen LogP contribution in [0.1, 0.15) is 16.8 Å². The maximum atomic E-state index is 12.7. The SMILES string of the molecule is CN(C(=O)CN1CCCN(C(=O)c2cccc(Cl)c2)CC1)c1ccc([N+](=O)[O-])cc1. The van der Waals surface area contributed by atoms with Crippen molar-refractivity contribution in [2.24, 2.45) is 0 Å². The number of non-ortho nitro benzene ring substituents is 1. The molecular formula is C21H23ClN4O4. The number of likely N-dealkylation sites (N-methyl/N-ethyl adjacent to an activating group) is 1. The maximum absolute atomic E-state index is 12.7. The summed E-state index contributed by atoms with van der Waals surface area (Å²) < 4.78 is 0. The van der Waals surface area contributed by atoms with Gasteiger partial charge in [0.25, 0.3) is 11.6 Å². The predicted molar refractivity (Wildman–Crippen MR) is 115 cm³/mol. The van der Waals surface area contributed by atoms with Crippen molar-refractivity contribution in [3.63, 3.8) is 0 Å². The van der Waals surface area contributed by atoms with Crippen molar-refractivity contribution >= 4 is 34.8 Å². The molecule has 0 bridgehead atoms. The van der Waals surface area contributed by atoms with E-state index in [-0.39, 0.29) is 24.0 Å². The summed E-state index contributed by atoms with van der Waals surface area (Å²) in [7, 11) is 1.65. The van der Waals surface area contributed by atoms with Gasteiger partial charge in [0.1, 0.15) is 0 Å². The Morgan fingerprint density at radius 2 is 1.83 bits per heavy atom. The summed E-state index contributed by atoms with van der Waals surface area (Å²) in [4.78, 5) is 41.0. The number of nitro groups is 1. The molecule has 1 heterocycles. The largest absolute Gasteiger partial charge is 0.337 e. The van der Waals surface area contributed by atoms with E-state index in [0.29, 0.717) is 42.5 Å². The molecule has 158 valence electrons. The van der Waals surface area contributed by atoms with Crippen molar-refractivity contribution in [1.29, 1.82) is 0 Å². The first-order chi connectivity index (χ1) is 14.3. The van der Waals surface area contributed by atoms with Crippen LogP contribution in [0.5, 0.6) is 0 Å². The van der Waals surface area contributed by atoms with Crippen LogP contribution in [0.25, 0.3) is 0 Å². The Hall–Kier alpha value is -2.97. The standard InChI is InChI=1S/C21H23ClN4O4/c1-23(18-6-8-19(9-7-18)26(29)30)20(27)15-24-10-3-11-25(13-12-24)21(28)16-4-2-5-17(22)14-16/h2,4-9,14H,3,10-13,15H2,1H3. The van der Waals surface area contributed by atoms with Gasteiger partial charge in [-0.1, -0.05) is 17.7 Å². The Balaban J connectivity index is 1.56. The van der Waals surface area contributed by atoms with Crippen LogP contribution in [0.3, 0.4) is 0 Å². The van der Waals surface area contributed by atoms with Crippen molar-refractivity contribution in [3.05, 3.63) is 69.2 Å². The first-order valence-electron chi connectivity index (χ1n) is 9.63. The van der Waals surface area contributed by atoms with Gasteiger partial charge in [0.2, 0.25) is 5.91 Å². The number of benzene rings is 2. The van der Waals surface area contributed by atoms with Crippen LogP contribution in [-0.2, 0) is 4.79 Å². The molecule has 1 aliphatic rings. The van der Waals surface area contributed by atoms with Gasteiger partial charge in [0.15, 0.2) is 0 Å². The molecule has 1 saturated heterocycles. The van der Waals surface area contributed by atoms with E-state index in [1.807, 2.05) is 4.90 Å². The lowest BCUT2D eigenvalue weighted by atomic mass is 10.2. The number of hydrogen-bond donors (Lipinski definition) is 0. The van der Waals surface area contributed by atoms with Gasteiger partial charge in [0.05, 0.1) is 11.5 Å². The highest BCUT2D eigenvalue weighted by molar-refractivity contribution is 6.30. The molecule has 2 aromatic rings. The van der Waals surface area contributed by atoms with E-state index in [1.165, 1.54) is 17.0 Å². The van der Waals surface area contributed by atoms with Crippen LogP contribution < -0.4 is 4.90 Å². The summed E-state index contributed by atoms with van der Waals surface area (Å²) in [5.41, 5.74) is 1.14. The number of anilines is 1. The van der Waals surface area contributed by atoms with Gasteiger partial charge < -0.3 is 9.80 Å². The first-order valence-corrected chi connectivity index (χ1v) is 10.0. The van der Waals surface area contributed by atoms with Crippen LogP contribution in [0.4, 0.5) is 11.4 Å². The number of carbonyl (C=O) groups is 2. The molecule has 8 nitrogen and oxygen atoms in total. The van der Waals surface area contributed by atoms with Crippen molar-refractivity contribution in [1.82, 2.24) is 9.80 Å². The molecule has 0 radical (unpaired) electrons. The van der Waals surface area contributed by atoms with Crippen molar-refractivity contribution in [2.45, 2.75) is 6.42 Å². The number of halogens is 1. The summed E-state index contributed by atoms with van der Waals surface area (Å²) in [6.45, 7) is 2.66. The van der Waals surface area contributed by atoms with Crippen LogP contribution >= 0.6 is 11.6 Å². The van der Waals surface area contributed by atoms with E-state index in [0.717, 1.165) is 6.42 Å². The molecule has 2 aromatic carbocycles. The zero-order valence-electron chi connectivity index (χ0n) is 16.7. The van der Waals surface area contributed by atoms with Gasteiger partial charge >= 0.3 is 0 Å². The lowest BCUT2D eigenvalue weighted by molar-refractivity contribution is -0.384. The average molecular weight is 431 g/mol. The number of nitrogens with zero attached hydrogens (tertiary/aromatic N) is 4. The lowest BCUT2D eigenvalue weighted by Gasteiger charge is -2.24. The highest BCUT2D eigenvalue weighted by atomic mass is 35.5. The Morgan fingerprint density at radius 1 is 1.10 bits per heavy atom. The van der Waals surface area contributed by atoms with Gasteiger partial charge in [-0.3, -0.25) is 24.6 Å². The fourth-order valence-corrected chi connectivity index (χ4v) is 3.57. The second-order valence-electron chi connectivity index (χ2n) is 7.16. The normalized spacial score (nSPS) is 14.8. The minimum atomic E-state index is -0.473. The number of hydrogen-bond acceptors (Lipinski definition) is 5. The quantitative estimate of drug-likeness (QED) is 0.537. The summed E-state index contributed by atoms with van der Waals surface area (Å²) in [5.74, 6) is -0.174. The minimum absolute atomic E-state index is 0.0171. The molecule has 0 aliphatic carbocycles. The Kier molecular flexibility index (Phi) is 7.02. The molecule has 0 aromatic heterocycles. The molecule has 1 fully saturated rings. The van der Waals surface area contributed by atoms with E-state index >= 15 is 0 Å². The van der Waals surface area contributed by atoms with Crippen LogP contribution in [0.2, 0.25) is 5.02 Å². The fraction of sp³-hybridized carbons (Fsp3) is 0.333. The minimum Gasteiger partial charge on any atom is -0.337 e. The number of amides is 2. The monoisotopic (exact) mass is 430 g/mol. The molecule has 0 atom stereocenters. The van der Waals surface area contributed by atoms with Crippen molar-refractivity contribution in [2.75, 3.05) is 44.7 Å². The predicted octanol–water partition coefficient (Wildman–Crippen LogP) is 3.06. The van der Waals surface area contributed by atoms with E-state index in [1.54, 1.807) is 48.3 Å². The van der Waals surface area contributed by atoms with Gasteiger partial charge in [-0.05, 0) is 36.8 Å². The highest BCUT2D eigenvalue weighted by Crippen LogP contribution is 2.19. The van der Waals surface area contributed by atoms with Crippen molar-refractivity contribution in [3.8, 4) is 0 Å². The molecule has 1 aliphatic heterocycles. The third kappa shape index (κ3) is 5.34. The summed E-state index contributed by atoms with van der Waals surface area (Å²) in [5, 5.41) is 11.3. The maximum Gasteiger partial charge on any atom is 0.269 e. The number of rotatable bonds is 5. The van der Waals surface area contributed by atoms with Crippen LogP contribution in [-0.4, -0.2) is 66.3 Å². The third-order valence-corrected chi connectivity index (χ3v) is 5.36. The molecular weight excluding hydrogens is 408 g/mol. The molecule has 0 saturated carbocycles. The zero-order valence-corrected chi connectivity index (χ0v) is 17.4. The second kappa shape index (κ2) is 9.69. The summed E-state index contributed by atoms with van der Waals surface area (Å²) in [6.07, 6.45) is 0.765. The van der Waals surface area contributed by atoms with Crippen LogP contribution in [0, 0.1) is 10.1 Å². The average Bonchev–Trinajstić information content (AvgIpc) is 2.98. The number of carbonyl (C=O) groups excluding carboxylic acids is 2. The lowest BCUT2D eigenvalue weighted by Crippen LogP contribution is -2.40. The first kappa shape index (κ1) is 21.7. The molecule has 0 unspecified atom stereocenters. The van der Waals surface area contributed by atoms with E-state index in [4.69, 9.17) is 11.6 Å². The fourth-order valence-electron chi connectivity index (χ4n) is 3.38. The second-order valence-corrected chi connectivity index (χ2v) is 7.59. The molecule has 30 heavy (non-hydrogen) atoms. The topological polar surface area (TPSA) is 87.0 Å². The van der Waals surface area contributed by atoms with E-state index < -0.39 is 4.92 Å². The molecule has 0 spiro atoms. The molecule has 0 N–H and O–H groups in total. The Morgan fingerprint density at radius 3 is 2.50 bits per heavy atom. The molecule has 9 heteroatoms. The van der Waals surface area contributed by atoms with E-state index in [9.17, 15) is 19.7 Å². The van der Waals surface area contributed by atoms with Gasteiger partial charge in [-0.15, -0.1) is 0 Å². The van der Waals surface area contributed by atoms with Gasteiger partial charge in [-0.2, -0.15) is 0 Å². The Bertz CT molecular complexity index is 935. The summed E-state index contributed by atoms with van der Waals surface area (Å²) in [6, 6.07) is 12.8. The smallest absolute Gasteiger partial charge is 0.269 e. The number of nitro benzene ring substituents is 1. The van der Waals surface area contributed by atoms with Crippen LogP contribution in [0.15, 0.2) is 48.5 Å². The van der Waals surface area contributed by atoms with Gasteiger partial charge in [0, 0.05) is 61.6 Å². The van der Waals surface area contributed by atoms with E-state index in [2.05, 4.69) is 0 Å². The van der Waals surface area contributed by atoms with Gasteiger partial charge in [-0.25, -0.2) is 0 Å². The zero-order chi connectivity index (χ0) is 21.7. The third-order valence-electron chi connectivity index (χ3n) is 5.13.